The summed E-state index contributed by atoms with van der Waals surface area (Å²) < 4.78 is 15.9. The molecule has 0 radical (unpaired) electrons. The average Bonchev–Trinajstić information content (AvgIpc) is 2.89. The molecule has 0 aliphatic carbocycles. The molecular formula is C19H15ClFNO4. The first-order valence-electron chi connectivity index (χ1n) is 7.79. The van der Waals surface area contributed by atoms with Gasteiger partial charge in [-0.05, 0) is 49.7 Å². The number of hydrogen-bond donors (Lipinski definition) is 2. The standard InChI is InChI=1S/C19H15ClFNO4/c1-9(19(25)26)15-10(2)22(13-6-7-14(23)17(21)16(13)15)18(24)11-4-3-5-12(20)8-11/h3-9,23H,1-2H3,(H,25,26)/t9-/m0/s1. The van der Waals surface area contributed by atoms with Gasteiger partial charge < -0.3 is 10.2 Å². The summed E-state index contributed by atoms with van der Waals surface area (Å²) in [5.41, 5.74) is 0.909. The van der Waals surface area contributed by atoms with Crippen LogP contribution in [0.5, 0.6) is 5.75 Å². The van der Waals surface area contributed by atoms with Crippen LogP contribution in [0.25, 0.3) is 10.9 Å². The molecule has 5 nitrogen and oxygen atoms in total. The van der Waals surface area contributed by atoms with Crippen LogP contribution >= 0.6 is 11.6 Å². The van der Waals surface area contributed by atoms with Crippen molar-refractivity contribution in [1.29, 1.82) is 0 Å². The Morgan fingerprint density at radius 3 is 2.54 bits per heavy atom. The molecule has 2 N–H and O–H groups in total. The minimum atomic E-state index is -1.16. The van der Waals surface area contributed by atoms with E-state index in [2.05, 4.69) is 0 Å². The highest BCUT2D eigenvalue weighted by Gasteiger charge is 2.29. The Hall–Kier alpha value is -2.86. The van der Waals surface area contributed by atoms with Gasteiger partial charge in [0.05, 0.1) is 11.4 Å². The van der Waals surface area contributed by atoms with E-state index in [4.69, 9.17) is 11.6 Å². The minimum Gasteiger partial charge on any atom is -0.505 e. The van der Waals surface area contributed by atoms with Crippen LogP contribution in [-0.2, 0) is 4.79 Å². The molecule has 0 saturated heterocycles. The highest BCUT2D eigenvalue weighted by molar-refractivity contribution is 6.31. The molecule has 3 rings (SSSR count). The van der Waals surface area contributed by atoms with E-state index in [1.54, 1.807) is 25.1 Å². The predicted molar refractivity (Wildman–Crippen MR) is 95.5 cm³/mol. The Morgan fingerprint density at radius 1 is 1.23 bits per heavy atom. The van der Waals surface area contributed by atoms with E-state index in [1.165, 1.54) is 23.6 Å². The van der Waals surface area contributed by atoms with Crippen molar-refractivity contribution in [2.45, 2.75) is 19.8 Å². The van der Waals surface area contributed by atoms with E-state index >= 15 is 0 Å². The molecule has 1 atom stereocenters. The third kappa shape index (κ3) is 2.72. The lowest BCUT2D eigenvalue weighted by Gasteiger charge is -2.09. The monoisotopic (exact) mass is 375 g/mol. The molecule has 0 amide bonds. The Morgan fingerprint density at radius 2 is 1.92 bits per heavy atom. The molecule has 134 valence electrons. The Kier molecular flexibility index (Phi) is 4.46. The van der Waals surface area contributed by atoms with Gasteiger partial charge in [-0.25, -0.2) is 4.39 Å². The molecule has 26 heavy (non-hydrogen) atoms. The molecule has 3 aromatic rings. The quantitative estimate of drug-likeness (QED) is 0.714. The maximum atomic E-state index is 14.6. The highest BCUT2D eigenvalue weighted by atomic mass is 35.5. The summed E-state index contributed by atoms with van der Waals surface area (Å²) in [6, 6.07) is 8.80. The number of halogens is 2. The van der Waals surface area contributed by atoms with E-state index in [9.17, 15) is 24.2 Å². The van der Waals surface area contributed by atoms with Crippen LogP contribution in [0.1, 0.15) is 34.5 Å². The van der Waals surface area contributed by atoms with Crippen LogP contribution in [0.15, 0.2) is 36.4 Å². The summed E-state index contributed by atoms with van der Waals surface area (Å²) in [5.74, 6) is -4.26. The molecular weight excluding hydrogens is 361 g/mol. The number of benzene rings is 2. The summed E-state index contributed by atoms with van der Waals surface area (Å²) >= 11 is 5.95. The molecule has 0 fully saturated rings. The number of carbonyl (C=O) groups is 2. The van der Waals surface area contributed by atoms with Gasteiger partial charge in [-0.3, -0.25) is 14.2 Å². The topological polar surface area (TPSA) is 79.5 Å². The van der Waals surface area contributed by atoms with Crippen LogP contribution in [0, 0.1) is 12.7 Å². The first-order chi connectivity index (χ1) is 12.2. The van der Waals surface area contributed by atoms with Gasteiger partial charge in [-0.15, -0.1) is 0 Å². The summed E-state index contributed by atoms with van der Waals surface area (Å²) in [6.07, 6.45) is 0. The first kappa shape index (κ1) is 17.9. The number of carbonyl (C=O) groups excluding carboxylic acids is 1. The lowest BCUT2D eigenvalue weighted by atomic mass is 9.97. The van der Waals surface area contributed by atoms with Crippen molar-refractivity contribution in [1.82, 2.24) is 4.57 Å². The van der Waals surface area contributed by atoms with Gasteiger partial charge >= 0.3 is 5.97 Å². The van der Waals surface area contributed by atoms with Crippen molar-refractivity contribution < 1.29 is 24.2 Å². The third-order valence-corrected chi connectivity index (χ3v) is 4.65. The number of phenolic OH excluding ortho intramolecular Hbond substituents is 1. The van der Waals surface area contributed by atoms with Crippen LogP contribution in [-0.4, -0.2) is 26.7 Å². The summed E-state index contributed by atoms with van der Waals surface area (Å²) in [4.78, 5) is 24.5. The van der Waals surface area contributed by atoms with Crippen molar-refractivity contribution in [3.8, 4) is 5.75 Å². The van der Waals surface area contributed by atoms with Crippen molar-refractivity contribution in [3.63, 3.8) is 0 Å². The molecule has 2 aromatic carbocycles. The van der Waals surface area contributed by atoms with Crippen molar-refractivity contribution in [3.05, 3.63) is 64.1 Å². The van der Waals surface area contributed by atoms with Gasteiger partial charge in [0.1, 0.15) is 0 Å². The molecule has 0 bridgehead atoms. The fourth-order valence-electron chi connectivity index (χ4n) is 3.15. The molecule has 0 saturated carbocycles. The molecule has 0 aliphatic heterocycles. The SMILES string of the molecule is Cc1c([C@H](C)C(=O)O)c2c(F)c(O)ccc2n1C(=O)c1cccc(Cl)c1. The number of fused-ring (bicyclic) bond motifs is 1. The normalized spacial score (nSPS) is 12.3. The Balaban J connectivity index is 2.37. The van der Waals surface area contributed by atoms with Gasteiger partial charge in [0.25, 0.3) is 5.91 Å². The van der Waals surface area contributed by atoms with E-state index < -0.39 is 29.4 Å². The van der Waals surface area contributed by atoms with Crippen molar-refractivity contribution in [2.75, 3.05) is 0 Å². The smallest absolute Gasteiger partial charge is 0.310 e. The largest absolute Gasteiger partial charge is 0.505 e. The van der Waals surface area contributed by atoms with Gasteiger partial charge in [0, 0.05) is 21.7 Å². The van der Waals surface area contributed by atoms with E-state index in [-0.39, 0.29) is 22.0 Å². The van der Waals surface area contributed by atoms with Crippen LogP contribution < -0.4 is 0 Å². The number of aliphatic carboxylic acids is 1. The molecule has 1 aromatic heterocycles. The molecule has 0 aliphatic rings. The molecule has 0 unspecified atom stereocenters. The van der Waals surface area contributed by atoms with Gasteiger partial charge in [-0.2, -0.15) is 0 Å². The fourth-order valence-corrected chi connectivity index (χ4v) is 3.34. The second-order valence-corrected chi connectivity index (χ2v) is 6.44. The molecule has 1 heterocycles. The number of carboxylic acid groups (broad SMARTS) is 1. The minimum absolute atomic E-state index is 0.0761. The summed E-state index contributed by atoms with van der Waals surface area (Å²) in [6.45, 7) is 2.95. The van der Waals surface area contributed by atoms with Crippen LogP contribution in [0.3, 0.4) is 0 Å². The maximum absolute atomic E-state index is 14.6. The van der Waals surface area contributed by atoms with E-state index in [0.29, 0.717) is 10.7 Å². The Labute approximate surface area is 153 Å². The lowest BCUT2D eigenvalue weighted by Crippen LogP contribution is -2.15. The van der Waals surface area contributed by atoms with Crippen LogP contribution in [0.2, 0.25) is 5.02 Å². The van der Waals surface area contributed by atoms with Gasteiger partial charge in [-0.1, -0.05) is 17.7 Å². The second-order valence-electron chi connectivity index (χ2n) is 6.00. The van der Waals surface area contributed by atoms with Gasteiger partial charge in [0.15, 0.2) is 11.6 Å². The zero-order valence-corrected chi connectivity index (χ0v) is 14.7. The Bertz CT molecular complexity index is 1060. The summed E-state index contributed by atoms with van der Waals surface area (Å²) in [7, 11) is 0. The average molecular weight is 376 g/mol. The predicted octanol–water partition coefficient (Wildman–Crippen LogP) is 4.32. The number of phenols is 1. The number of nitrogens with zero attached hydrogens (tertiary/aromatic N) is 1. The maximum Gasteiger partial charge on any atom is 0.310 e. The number of hydrogen-bond acceptors (Lipinski definition) is 3. The zero-order chi connectivity index (χ0) is 19.2. The highest BCUT2D eigenvalue weighted by Crippen LogP contribution is 2.37. The lowest BCUT2D eigenvalue weighted by molar-refractivity contribution is -0.138. The number of aromatic hydroxyl groups is 1. The number of carboxylic acids is 1. The van der Waals surface area contributed by atoms with E-state index in [1.807, 2.05) is 0 Å². The summed E-state index contributed by atoms with van der Waals surface area (Å²) in [5, 5.41) is 19.4. The number of aromatic nitrogens is 1. The van der Waals surface area contributed by atoms with Crippen molar-refractivity contribution in [2.24, 2.45) is 0 Å². The first-order valence-corrected chi connectivity index (χ1v) is 8.17. The van der Waals surface area contributed by atoms with E-state index in [0.717, 1.165) is 6.07 Å². The second kappa shape index (κ2) is 6.46. The number of rotatable bonds is 3. The fraction of sp³-hybridized carbons (Fsp3) is 0.158. The van der Waals surface area contributed by atoms with Crippen molar-refractivity contribution >= 4 is 34.4 Å². The molecule has 7 heteroatoms. The molecule has 0 spiro atoms. The van der Waals surface area contributed by atoms with Gasteiger partial charge in [0.2, 0.25) is 0 Å². The van der Waals surface area contributed by atoms with Crippen LogP contribution in [0.4, 0.5) is 4.39 Å². The third-order valence-electron chi connectivity index (χ3n) is 4.41. The zero-order valence-electron chi connectivity index (χ0n) is 14.0.